The van der Waals surface area contributed by atoms with E-state index in [-0.39, 0.29) is 23.4 Å². The summed E-state index contributed by atoms with van der Waals surface area (Å²) >= 11 is 0. The number of aromatic nitrogens is 4. The highest BCUT2D eigenvalue weighted by Crippen LogP contribution is 2.23. The summed E-state index contributed by atoms with van der Waals surface area (Å²) in [7, 11) is 1.57. The van der Waals surface area contributed by atoms with Gasteiger partial charge in [-0.3, -0.25) is 9.36 Å². The highest BCUT2D eigenvalue weighted by Gasteiger charge is 2.20. The van der Waals surface area contributed by atoms with E-state index in [1.165, 1.54) is 0 Å². The van der Waals surface area contributed by atoms with Crippen LogP contribution in [0.25, 0.3) is 22.3 Å². The molecule has 0 aromatic carbocycles. The zero-order chi connectivity index (χ0) is 25.3. The van der Waals surface area contributed by atoms with Gasteiger partial charge in [0.15, 0.2) is 11.5 Å². The maximum atomic E-state index is 13.4. The number of anilines is 1. The monoisotopic (exact) mass is 484 g/mol. The Hall–Kier alpha value is -3.08. The average Bonchev–Trinajstić information content (AvgIpc) is 2.86. The van der Waals surface area contributed by atoms with Crippen molar-refractivity contribution in [3.63, 3.8) is 0 Å². The Morgan fingerprint density at radius 3 is 2.60 bits per heavy atom. The molecule has 3 aromatic rings. The van der Waals surface area contributed by atoms with E-state index in [0.717, 1.165) is 17.5 Å². The van der Waals surface area contributed by atoms with Crippen LogP contribution < -0.4 is 20.9 Å². The van der Waals surface area contributed by atoms with E-state index in [1.54, 1.807) is 30.1 Å². The topological polar surface area (TPSA) is 123 Å². The first-order valence-corrected chi connectivity index (χ1v) is 11.9. The van der Waals surface area contributed by atoms with Crippen molar-refractivity contribution in [2.45, 2.75) is 33.7 Å². The lowest BCUT2D eigenvalue weighted by Crippen LogP contribution is -2.37. The zero-order valence-electron chi connectivity index (χ0n) is 21.0. The minimum absolute atomic E-state index is 0.0841. The molecule has 0 unspecified atom stereocenters. The predicted molar refractivity (Wildman–Crippen MR) is 137 cm³/mol. The Morgan fingerprint density at radius 2 is 1.91 bits per heavy atom. The Labute approximate surface area is 205 Å². The fourth-order valence-corrected chi connectivity index (χ4v) is 3.58. The molecule has 10 heteroatoms. The van der Waals surface area contributed by atoms with Crippen molar-refractivity contribution in [3.05, 3.63) is 40.9 Å². The molecule has 10 nitrogen and oxygen atoms in total. The second kappa shape index (κ2) is 12.6. The normalized spacial score (nSPS) is 11.7. The van der Waals surface area contributed by atoms with Gasteiger partial charge in [0.05, 0.1) is 25.8 Å². The van der Waals surface area contributed by atoms with Gasteiger partial charge < -0.3 is 25.2 Å². The van der Waals surface area contributed by atoms with Crippen molar-refractivity contribution in [1.82, 2.24) is 24.8 Å². The van der Waals surface area contributed by atoms with E-state index in [9.17, 15) is 4.79 Å². The van der Waals surface area contributed by atoms with Gasteiger partial charge in [0.2, 0.25) is 5.88 Å². The molecule has 0 radical (unpaired) electrons. The van der Waals surface area contributed by atoms with E-state index in [0.29, 0.717) is 56.4 Å². The third-order valence-corrected chi connectivity index (χ3v) is 5.52. The van der Waals surface area contributed by atoms with Crippen LogP contribution in [0.4, 0.5) is 5.82 Å². The van der Waals surface area contributed by atoms with Crippen molar-refractivity contribution in [2.24, 2.45) is 5.41 Å². The number of hydrogen-bond donors (Lipinski definition) is 3. The number of hydrogen-bond acceptors (Lipinski definition) is 9. The molecule has 3 aromatic heterocycles. The maximum Gasteiger partial charge on any atom is 0.293 e. The van der Waals surface area contributed by atoms with E-state index in [4.69, 9.17) is 14.6 Å². The highest BCUT2D eigenvalue weighted by atomic mass is 16.5. The number of fused-ring (bicyclic) bond motifs is 1. The van der Waals surface area contributed by atoms with Gasteiger partial charge in [0, 0.05) is 62.4 Å². The smallest absolute Gasteiger partial charge is 0.293 e. The molecule has 0 aliphatic rings. The van der Waals surface area contributed by atoms with E-state index >= 15 is 0 Å². The van der Waals surface area contributed by atoms with Crippen LogP contribution in [0.5, 0.6) is 5.88 Å². The fourth-order valence-electron chi connectivity index (χ4n) is 3.58. The second-order valence-electron chi connectivity index (χ2n) is 9.10. The van der Waals surface area contributed by atoms with Crippen molar-refractivity contribution < 1.29 is 14.6 Å². The van der Waals surface area contributed by atoms with E-state index in [1.807, 2.05) is 19.1 Å². The van der Waals surface area contributed by atoms with E-state index < -0.39 is 0 Å². The van der Waals surface area contributed by atoms with Crippen LogP contribution >= 0.6 is 0 Å². The lowest BCUT2D eigenvalue weighted by molar-refractivity contribution is 0.127. The maximum absolute atomic E-state index is 13.4. The van der Waals surface area contributed by atoms with Crippen LogP contribution in [0, 0.1) is 5.41 Å². The first-order valence-electron chi connectivity index (χ1n) is 11.9. The van der Waals surface area contributed by atoms with Crippen molar-refractivity contribution in [1.29, 1.82) is 0 Å². The SMILES string of the molecule is CCCOCCn1c(=O)c(NCC(C)(C)CNCCO)nc2ncc(-c3ccc(OC)nc3)cc21. The lowest BCUT2D eigenvalue weighted by atomic mass is 9.93. The molecule has 0 saturated heterocycles. The first-order chi connectivity index (χ1) is 16.9. The van der Waals surface area contributed by atoms with Crippen LogP contribution in [0.3, 0.4) is 0 Å². The quantitative estimate of drug-likeness (QED) is 0.296. The lowest BCUT2D eigenvalue weighted by Gasteiger charge is -2.25. The molecule has 0 spiro atoms. The number of aliphatic hydroxyl groups is 1. The van der Waals surface area contributed by atoms with Gasteiger partial charge in [0.1, 0.15) is 0 Å². The Kier molecular flexibility index (Phi) is 9.53. The third kappa shape index (κ3) is 7.20. The molecule has 0 bridgehead atoms. The summed E-state index contributed by atoms with van der Waals surface area (Å²) in [6.07, 6.45) is 4.35. The Balaban J connectivity index is 1.94. The summed E-state index contributed by atoms with van der Waals surface area (Å²) < 4.78 is 12.5. The first kappa shape index (κ1) is 26.5. The number of nitrogens with zero attached hydrogens (tertiary/aromatic N) is 4. The van der Waals surface area contributed by atoms with Crippen LogP contribution in [-0.2, 0) is 11.3 Å². The van der Waals surface area contributed by atoms with Gasteiger partial charge in [-0.2, -0.15) is 0 Å². The molecule has 0 saturated carbocycles. The summed E-state index contributed by atoms with van der Waals surface area (Å²) in [5.74, 6) is 0.786. The van der Waals surface area contributed by atoms with E-state index in [2.05, 4.69) is 39.4 Å². The highest BCUT2D eigenvalue weighted by molar-refractivity contribution is 5.78. The number of nitrogens with one attached hydrogen (secondary N) is 2. The summed E-state index contributed by atoms with van der Waals surface area (Å²) in [6, 6.07) is 5.60. The van der Waals surface area contributed by atoms with Crippen molar-refractivity contribution in [3.8, 4) is 17.0 Å². The molecule has 3 N–H and O–H groups in total. The van der Waals surface area contributed by atoms with Gasteiger partial charge in [-0.1, -0.05) is 20.8 Å². The third-order valence-electron chi connectivity index (χ3n) is 5.52. The number of rotatable bonds is 14. The molecule has 0 atom stereocenters. The van der Waals surface area contributed by atoms with Gasteiger partial charge in [-0.15, -0.1) is 0 Å². The summed E-state index contributed by atoms with van der Waals surface area (Å²) in [5.41, 5.74) is 2.42. The zero-order valence-corrected chi connectivity index (χ0v) is 21.0. The minimum Gasteiger partial charge on any atom is -0.481 e. The van der Waals surface area contributed by atoms with Crippen molar-refractivity contribution >= 4 is 17.0 Å². The molecule has 0 aliphatic heterocycles. The summed E-state index contributed by atoms with van der Waals surface area (Å²) in [5, 5.41) is 15.4. The molecule has 190 valence electrons. The second-order valence-corrected chi connectivity index (χ2v) is 9.10. The molecule has 0 fully saturated rings. The molecular weight excluding hydrogens is 448 g/mol. The Bertz CT molecular complexity index is 1150. The molecule has 0 aliphatic carbocycles. The molecular formula is C25H36N6O4. The van der Waals surface area contributed by atoms with Crippen LogP contribution in [0.1, 0.15) is 27.2 Å². The van der Waals surface area contributed by atoms with Crippen LogP contribution in [0.2, 0.25) is 0 Å². The number of pyridine rings is 2. The Morgan fingerprint density at radius 1 is 1.11 bits per heavy atom. The molecule has 35 heavy (non-hydrogen) atoms. The molecule has 0 amide bonds. The number of ether oxygens (including phenoxy) is 2. The van der Waals surface area contributed by atoms with Crippen molar-refractivity contribution in [2.75, 3.05) is 51.9 Å². The van der Waals surface area contributed by atoms with Gasteiger partial charge in [-0.25, -0.2) is 15.0 Å². The summed E-state index contributed by atoms with van der Waals surface area (Å²) in [6.45, 7) is 9.47. The average molecular weight is 485 g/mol. The van der Waals surface area contributed by atoms with Gasteiger partial charge in [-0.05, 0) is 24.0 Å². The van der Waals surface area contributed by atoms with Crippen LogP contribution in [0.15, 0.2) is 35.4 Å². The minimum atomic E-state index is -0.219. The van der Waals surface area contributed by atoms with Crippen LogP contribution in [-0.4, -0.2) is 71.2 Å². The number of methoxy groups -OCH3 is 1. The number of aliphatic hydroxyl groups excluding tert-OH is 1. The predicted octanol–water partition coefficient (Wildman–Crippen LogP) is 2.31. The molecule has 3 rings (SSSR count). The largest absolute Gasteiger partial charge is 0.481 e. The van der Waals surface area contributed by atoms with Gasteiger partial charge >= 0.3 is 0 Å². The van der Waals surface area contributed by atoms with Gasteiger partial charge in [0.25, 0.3) is 5.56 Å². The fraction of sp³-hybridized carbons (Fsp3) is 0.520. The standard InChI is InChI=1S/C25H36N6O4/c1-5-11-35-12-9-31-20-13-19(18-6-7-21(34-4)27-14-18)15-28-22(20)30-23(24(31)33)29-17-25(2,3)16-26-8-10-32/h6-7,13-15,26,32H,5,8-12,16-17H2,1-4H3,(H,28,29,30). The molecule has 3 heterocycles. The summed E-state index contributed by atoms with van der Waals surface area (Å²) in [4.78, 5) is 26.8.